The molecule has 1 aliphatic rings. The fourth-order valence-electron chi connectivity index (χ4n) is 1.62. The average Bonchev–Trinajstić information content (AvgIpc) is 2.64. The number of nitrogens with one attached hydrogen (secondary N) is 1. The maximum Gasteiger partial charge on any atom is 0.101 e. The van der Waals surface area contributed by atoms with E-state index in [0.29, 0.717) is 0 Å². The van der Waals surface area contributed by atoms with Crippen molar-refractivity contribution in [1.82, 2.24) is 5.32 Å². The van der Waals surface area contributed by atoms with Gasteiger partial charge in [0.1, 0.15) is 5.84 Å². The minimum atomic E-state index is 0.928. The number of aliphatic imine (C=N–C) groups is 1. The van der Waals surface area contributed by atoms with Crippen LogP contribution < -0.4 is 5.32 Å². The number of benzene rings is 1. The number of halogens is 1. The summed E-state index contributed by atoms with van der Waals surface area (Å²) in [6.07, 6.45) is 0.949. The molecular weight excluding hydrogens is 287 g/mol. The molecule has 0 radical (unpaired) electrons. The summed E-state index contributed by atoms with van der Waals surface area (Å²) in [7, 11) is 0. The number of rotatable bonds is 2. The highest BCUT2D eigenvalue weighted by molar-refractivity contribution is 14.1. The molecule has 2 nitrogen and oxygen atoms in total. The van der Waals surface area contributed by atoms with Crippen molar-refractivity contribution in [3.63, 3.8) is 0 Å². The van der Waals surface area contributed by atoms with Crippen molar-refractivity contribution in [2.24, 2.45) is 4.99 Å². The van der Waals surface area contributed by atoms with Crippen molar-refractivity contribution < 1.29 is 0 Å². The summed E-state index contributed by atoms with van der Waals surface area (Å²) < 4.78 is 1.33. The van der Waals surface area contributed by atoms with Crippen LogP contribution in [-0.2, 0) is 6.42 Å². The van der Waals surface area contributed by atoms with Gasteiger partial charge in [-0.2, -0.15) is 0 Å². The maximum atomic E-state index is 4.42. The number of aryl methyl sites for hydroxylation is 1. The summed E-state index contributed by atoms with van der Waals surface area (Å²) >= 11 is 2.39. The molecule has 0 amide bonds. The van der Waals surface area contributed by atoms with Gasteiger partial charge in [-0.1, -0.05) is 12.1 Å². The highest BCUT2D eigenvalue weighted by Gasteiger charge is 2.09. The molecule has 74 valence electrons. The first-order valence-electron chi connectivity index (χ1n) is 4.78. The molecule has 1 aliphatic heterocycles. The predicted molar refractivity (Wildman–Crippen MR) is 67.9 cm³/mol. The molecule has 1 aromatic carbocycles. The first-order chi connectivity index (χ1) is 6.77. The molecule has 0 atom stereocenters. The highest BCUT2D eigenvalue weighted by Crippen LogP contribution is 2.17. The molecule has 0 unspecified atom stereocenters. The second-order valence-corrected chi connectivity index (χ2v) is 4.63. The van der Waals surface area contributed by atoms with Gasteiger partial charge in [0.25, 0.3) is 0 Å². The van der Waals surface area contributed by atoms with E-state index in [4.69, 9.17) is 0 Å². The Hall–Kier alpha value is -0.580. The third-order valence-corrected chi connectivity index (χ3v) is 3.45. The van der Waals surface area contributed by atoms with E-state index >= 15 is 0 Å². The number of hydrogen-bond donors (Lipinski definition) is 1. The van der Waals surface area contributed by atoms with Crippen molar-refractivity contribution in [2.75, 3.05) is 13.1 Å². The van der Waals surface area contributed by atoms with E-state index in [2.05, 4.69) is 58.0 Å². The number of hydrogen-bond acceptors (Lipinski definition) is 2. The first kappa shape index (κ1) is 9.96. The van der Waals surface area contributed by atoms with Gasteiger partial charge < -0.3 is 5.32 Å². The summed E-state index contributed by atoms with van der Waals surface area (Å²) in [6.45, 7) is 4.09. The lowest BCUT2D eigenvalue weighted by molar-refractivity contribution is 0.952. The van der Waals surface area contributed by atoms with Crippen LogP contribution in [0.5, 0.6) is 0 Å². The number of amidine groups is 1. The van der Waals surface area contributed by atoms with Crippen LogP contribution in [0.15, 0.2) is 23.2 Å². The van der Waals surface area contributed by atoms with E-state index in [1.54, 1.807) is 0 Å². The zero-order chi connectivity index (χ0) is 9.97. The third-order valence-electron chi connectivity index (χ3n) is 2.44. The van der Waals surface area contributed by atoms with Crippen molar-refractivity contribution >= 4 is 28.4 Å². The summed E-state index contributed by atoms with van der Waals surface area (Å²) in [5, 5.41) is 3.31. The summed E-state index contributed by atoms with van der Waals surface area (Å²) in [5.74, 6) is 1.14. The lowest BCUT2D eigenvalue weighted by Crippen LogP contribution is -2.21. The maximum absolute atomic E-state index is 4.42. The van der Waals surface area contributed by atoms with Crippen molar-refractivity contribution in [3.8, 4) is 0 Å². The zero-order valence-electron chi connectivity index (χ0n) is 8.18. The molecule has 0 saturated heterocycles. The smallest absolute Gasteiger partial charge is 0.101 e. The van der Waals surface area contributed by atoms with Gasteiger partial charge in [-0.25, -0.2) is 0 Å². The summed E-state index contributed by atoms with van der Waals surface area (Å²) in [4.78, 5) is 4.42. The Labute approximate surface area is 98.0 Å². The van der Waals surface area contributed by atoms with Gasteiger partial charge in [0, 0.05) is 16.5 Å². The number of nitrogens with zero attached hydrogens (tertiary/aromatic N) is 1. The normalized spacial score (nSPS) is 15.1. The van der Waals surface area contributed by atoms with Crippen LogP contribution in [0.1, 0.15) is 11.1 Å². The standard InChI is InChI=1S/C11H13IN2/c1-8-3-2-4-10(12)9(8)7-11-13-5-6-14-11/h2-4H,5-7H2,1H3,(H,13,14). The molecule has 0 fully saturated rings. The minimum Gasteiger partial charge on any atom is -0.372 e. The van der Waals surface area contributed by atoms with Gasteiger partial charge in [0.15, 0.2) is 0 Å². The molecule has 2 rings (SSSR count). The van der Waals surface area contributed by atoms with Crippen LogP contribution in [0.25, 0.3) is 0 Å². The Bertz CT molecular complexity index is 351. The molecule has 14 heavy (non-hydrogen) atoms. The zero-order valence-corrected chi connectivity index (χ0v) is 10.3. The Kier molecular flexibility index (Phi) is 3.05. The molecule has 1 aromatic rings. The largest absolute Gasteiger partial charge is 0.372 e. The Morgan fingerprint density at radius 2 is 2.36 bits per heavy atom. The molecule has 0 aliphatic carbocycles. The van der Waals surface area contributed by atoms with Crippen molar-refractivity contribution in [2.45, 2.75) is 13.3 Å². The van der Waals surface area contributed by atoms with Crippen LogP contribution in [0.3, 0.4) is 0 Å². The Balaban J connectivity index is 2.23. The van der Waals surface area contributed by atoms with Gasteiger partial charge >= 0.3 is 0 Å². The topological polar surface area (TPSA) is 24.4 Å². The molecule has 0 aromatic heterocycles. The van der Waals surface area contributed by atoms with E-state index in [1.165, 1.54) is 14.7 Å². The summed E-state index contributed by atoms with van der Waals surface area (Å²) in [5.41, 5.74) is 2.76. The van der Waals surface area contributed by atoms with Gasteiger partial charge in [-0.15, -0.1) is 0 Å². The van der Waals surface area contributed by atoms with Crippen molar-refractivity contribution in [3.05, 3.63) is 32.9 Å². The van der Waals surface area contributed by atoms with Crippen molar-refractivity contribution in [1.29, 1.82) is 0 Å². The van der Waals surface area contributed by atoms with E-state index in [-0.39, 0.29) is 0 Å². The fourth-order valence-corrected chi connectivity index (χ4v) is 2.45. The lowest BCUT2D eigenvalue weighted by atomic mass is 10.1. The molecule has 0 spiro atoms. The molecular formula is C11H13IN2. The van der Waals surface area contributed by atoms with Crippen LogP contribution >= 0.6 is 22.6 Å². The molecule has 0 saturated carbocycles. The third kappa shape index (κ3) is 2.08. The molecule has 0 bridgehead atoms. The Morgan fingerprint density at radius 1 is 1.50 bits per heavy atom. The fraction of sp³-hybridized carbons (Fsp3) is 0.364. The van der Waals surface area contributed by atoms with Crippen LogP contribution in [-0.4, -0.2) is 18.9 Å². The lowest BCUT2D eigenvalue weighted by Gasteiger charge is -2.08. The van der Waals surface area contributed by atoms with E-state index in [1.807, 2.05) is 0 Å². The van der Waals surface area contributed by atoms with Gasteiger partial charge in [0.05, 0.1) is 6.54 Å². The minimum absolute atomic E-state index is 0.928. The molecule has 1 heterocycles. The predicted octanol–water partition coefficient (Wildman–Crippen LogP) is 2.14. The second kappa shape index (κ2) is 4.29. The summed E-state index contributed by atoms with van der Waals surface area (Å²) in [6, 6.07) is 6.41. The van der Waals surface area contributed by atoms with Gasteiger partial charge in [-0.05, 0) is 46.7 Å². The molecule has 1 N–H and O–H groups in total. The Morgan fingerprint density at radius 3 is 3.00 bits per heavy atom. The quantitative estimate of drug-likeness (QED) is 0.832. The molecule has 3 heteroatoms. The van der Waals surface area contributed by atoms with Crippen LogP contribution in [0.2, 0.25) is 0 Å². The monoisotopic (exact) mass is 300 g/mol. The average molecular weight is 300 g/mol. The van der Waals surface area contributed by atoms with Gasteiger partial charge in [0.2, 0.25) is 0 Å². The van der Waals surface area contributed by atoms with E-state index in [0.717, 1.165) is 25.3 Å². The van der Waals surface area contributed by atoms with E-state index < -0.39 is 0 Å². The highest BCUT2D eigenvalue weighted by atomic mass is 127. The van der Waals surface area contributed by atoms with Crippen LogP contribution in [0.4, 0.5) is 0 Å². The SMILES string of the molecule is Cc1cccc(I)c1CC1=NCCN1. The van der Waals surface area contributed by atoms with Gasteiger partial charge in [-0.3, -0.25) is 4.99 Å². The van der Waals surface area contributed by atoms with E-state index in [9.17, 15) is 0 Å². The van der Waals surface area contributed by atoms with Crippen LogP contribution in [0, 0.1) is 10.5 Å². The second-order valence-electron chi connectivity index (χ2n) is 3.47. The first-order valence-corrected chi connectivity index (χ1v) is 5.86.